The van der Waals surface area contributed by atoms with Gasteiger partial charge >= 0.3 is 0 Å². The number of fused-ring (bicyclic) bond motifs is 1. The van der Waals surface area contributed by atoms with Gasteiger partial charge in [0.05, 0.1) is 12.1 Å². The summed E-state index contributed by atoms with van der Waals surface area (Å²) < 4.78 is 0. The second-order valence-electron chi connectivity index (χ2n) is 7.44. The molecule has 148 valence electrons. The van der Waals surface area contributed by atoms with Crippen molar-refractivity contribution in [3.63, 3.8) is 0 Å². The van der Waals surface area contributed by atoms with Crippen molar-refractivity contribution in [2.75, 3.05) is 11.4 Å². The molecule has 0 radical (unpaired) electrons. The maximum atomic E-state index is 13.0. The van der Waals surface area contributed by atoms with Crippen LogP contribution in [-0.4, -0.2) is 40.2 Å². The van der Waals surface area contributed by atoms with Gasteiger partial charge in [-0.3, -0.25) is 14.4 Å². The van der Waals surface area contributed by atoms with Gasteiger partial charge < -0.3 is 9.88 Å². The van der Waals surface area contributed by atoms with E-state index in [0.29, 0.717) is 18.7 Å². The number of rotatable bonds is 5. The van der Waals surface area contributed by atoms with Crippen molar-refractivity contribution < 1.29 is 14.4 Å². The minimum atomic E-state index is -0.758. The van der Waals surface area contributed by atoms with Crippen molar-refractivity contribution in [1.29, 1.82) is 0 Å². The van der Waals surface area contributed by atoms with E-state index in [-0.39, 0.29) is 24.1 Å². The van der Waals surface area contributed by atoms with Crippen molar-refractivity contribution in [1.82, 2.24) is 9.88 Å². The molecular weight excluding hydrogens is 366 g/mol. The molecule has 3 aromatic rings. The number of nitrogens with one attached hydrogen (secondary N) is 1. The van der Waals surface area contributed by atoms with Gasteiger partial charge in [0.25, 0.3) is 5.91 Å². The van der Waals surface area contributed by atoms with Crippen LogP contribution in [0, 0.1) is 6.92 Å². The molecule has 6 heteroatoms. The summed E-state index contributed by atoms with van der Waals surface area (Å²) in [7, 11) is 0. The predicted octanol–water partition coefficient (Wildman–Crippen LogP) is 3.20. The van der Waals surface area contributed by atoms with E-state index in [9.17, 15) is 14.4 Å². The van der Waals surface area contributed by atoms with Crippen LogP contribution in [0.2, 0.25) is 0 Å². The van der Waals surface area contributed by atoms with Gasteiger partial charge in [0.1, 0.15) is 6.04 Å². The monoisotopic (exact) mass is 389 g/mol. The topological polar surface area (TPSA) is 73.5 Å². The van der Waals surface area contributed by atoms with Gasteiger partial charge in [-0.15, -0.1) is 0 Å². The number of para-hydroxylation sites is 1. The van der Waals surface area contributed by atoms with Crippen molar-refractivity contribution in [2.45, 2.75) is 32.7 Å². The first-order chi connectivity index (χ1) is 14.0. The molecule has 1 aliphatic heterocycles. The Hall–Kier alpha value is -3.41. The van der Waals surface area contributed by atoms with E-state index in [1.165, 1.54) is 16.7 Å². The van der Waals surface area contributed by atoms with Crippen LogP contribution in [0.4, 0.5) is 5.69 Å². The summed E-state index contributed by atoms with van der Waals surface area (Å²) in [6.07, 6.45) is 2.55. The molecule has 0 saturated carbocycles. The molecule has 1 aliphatic rings. The maximum absolute atomic E-state index is 13.0. The second-order valence-corrected chi connectivity index (χ2v) is 7.44. The summed E-state index contributed by atoms with van der Waals surface area (Å²) in [5.41, 5.74) is 3.72. The minimum absolute atomic E-state index is 0.0141. The Morgan fingerprint density at radius 3 is 2.59 bits per heavy atom. The number of nitrogens with zero attached hydrogens (tertiary/aromatic N) is 2. The highest BCUT2D eigenvalue weighted by atomic mass is 16.2. The van der Waals surface area contributed by atoms with E-state index in [1.807, 2.05) is 49.5 Å². The minimum Gasteiger partial charge on any atom is -0.361 e. The highest BCUT2D eigenvalue weighted by Crippen LogP contribution is 2.27. The molecule has 1 aromatic heterocycles. The quantitative estimate of drug-likeness (QED) is 0.681. The van der Waals surface area contributed by atoms with Gasteiger partial charge in [-0.05, 0) is 37.1 Å². The lowest BCUT2D eigenvalue weighted by molar-refractivity contribution is -0.136. The Balaban J connectivity index is 1.54. The lowest BCUT2D eigenvalue weighted by Crippen LogP contribution is -2.45. The zero-order chi connectivity index (χ0) is 20.5. The zero-order valence-electron chi connectivity index (χ0n) is 16.5. The van der Waals surface area contributed by atoms with Crippen LogP contribution in [0.5, 0.6) is 0 Å². The fourth-order valence-electron chi connectivity index (χ4n) is 3.94. The molecule has 1 unspecified atom stereocenters. The van der Waals surface area contributed by atoms with Crippen LogP contribution in [-0.2, 0) is 20.8 Å². The molecule has 3 amide bonds. The summed E-state index contributed by atoms with van der Waals surface area (Å²) in [5.74, 6) is -0.822. The first-order valence-corrected chi connectivity index (χ1v) is 9.71. The van der Waals surface area contributed by atoms with E-state index < -0.39 is 6.04 Å². The summed E-state index contributed by atoms with van der Waals surface area (Å²) in [6, 6.07) is 14.5. The van der Waals surface area contributed by atoms with E-state index in [2.05, 4.69) is 4.98 Å². The standard InChI is InChI=1S/C23H23N3O3/c1-15-7-9-18(10-8-15)26-22(28)13-21(23(26)29)25(16(2)27)12-11-17-14-24-20-6-4-3-5-19(17)20/h3-10,14,21,24H,11-13H2,1-2H3. The summed E-state index contributed by atoms with van der Waals surface area (Å²) >= 11 is 0. The van der Waals surface area contributed by atoms with Crippen LogP contribution < -0.4 is 4.90 Å². The number of hydrogen-bond donors (Lipinski definition) is 1. The number of aryl methyl sites for hydroxylation is 1. The van der Waals surface area contributed by atoms with Gasteiger partial charge in [-0.1, -0.05) is 35.9 Å². The predicted molar refractivity (Wildman–Crippen MR) is 111 cm³/mol. The number of aromatic amines is 1. The fraction of sp³-hybridized carbons (Fsp3) is 0.261. The zero-order valence-corrected chi connectivity index (χ0v) is 16.5. The number of carbonyl (C=O) groups is 3. The third kappa shape index (κ3) is 3.53. The average Bonchev–Trinajstić information content (AvgIpc) is 3.24. The summed E-state index contributed by atoms with van der Waals surface area (Å²) in [6.45, 7) is 3.77. The smallest absolute Gasteiger partial charge is 0.257 e. The highest BCUT2D eigenvalue weighted by Gasteiger charge is 2.43. The fourth-order valence-corrected chi connectivity index (χ4v) is 3.94. The molecule has 6 nitrogen and oxygen atoms in total. The van der Waals surface area contributed by atoms with Crippen molar-refractivity contribution in [3.05, 3.63) is 65.9 Å². The molecule has 2 aromatic carbocycles. The number of H-pyrrole nitrogens is 1. The number of benzene rings is 2. The molecule has 0 aliphatic carbocycles. The van der Waals surface area contributed by atoms with Gasteiger partial charge in [0.15, 0.2) is 0 Å². The Morgan fingerprint density at radius 1 is 1.14 bits per heavy atom. The summed E-state index contributed by atoms with van der Waals surface area (Å²) in [5, 5.41) is 1.10. The number of aromatic nitrogens is 1. The highest BCUT2D eigenvalue weighted by molar-refractivity contribution is 6.23. The molecule has 29 heavy (non-hydrogen) atoms. The summed E-state index contributed by atoms with van der Waals surface area (Å²) in [4.78, 5) is 43.9. The molecule has 0 spiro atoms. The SMILES string of the molecule is CC(=O)N(CCc1c[nH]c2ccccc12)C1CC(=O)N(c2ccc(C)cc2)C1=O. The van der Waals surface area contributed by atoms with Crippen molar-refractivity contribution in [2.24, 2.45) is 0 Å². The largest absolute Gasteiger partial charge is 0.361 e. The molecule has 2 heterocycles. The number of amides is 3. The third-order valence-corrected chi connectivity index (χ3v) is 5.49. The lowest BCUT2D eigenvalue weighted by Gasteiger charge is -2.26. The first kappa shape index (κ1) is 18.9. The van der Waals surface area contributed by atoms with E-state index in [4.69, 9.17) is 0 Å². The Labute approximate surface area is 169 Å². The van der Waals surface area contributed by atoms with Crippen molar-refractivity contribution >= 4 is 34.3 Å². The molecular formula is C23H23N3O3. The van der Waals surface area contributed by atoms with Crippen LogP contribution in [0.1, 0.15) is 24.5 Å². The van der Waals surface area contributed by atoms with E-state index >= 15 is 0 Å². The second kappa shape index (κ2) is 7.54. The average molecular weight is 389 g/mol. The van der Waals surface area contributed by atoms with Crippen LogP contribution in [0.3, 0.4) is 0 Å². The van der Waals surface area contributed by atoms with E-state index in [0.717, 1.165) is 22.0 Å². The first-order valence-electron chi connectivity index (χ1n) is 9.71. The Kier molecular flexibility index (Phi) is 4.92. The van der Waals surface area contributed by atoms with Gasteiger partial charge in [-0.2, -0.15) is 0 Å². The van der Waals surface area contributed by atoms with Crippen LogP contribution >= 0.6 is 0 Å². The Bertz CT molecular complexity index is 1080. The van der Waals surface area contributed by atoms with Gasteiger partial charge in [0.2, 0.25) is 11.8 Å². The Morgan fingerprint density at radius 2 is 1.86 bits per heavy atom. The van der Waals surface area contributed by atoms with Gasteiger partial charge in [0, 0.05) is 30.6 Å². The number of anilines is 1. The number of hydrogen-bond acceptors (Lipinski definition) is 3. The normalized spacial score (nSPS) is 16.6. The van der Waals surface area contributed by atoms with Gasteiger partial charge in [-0.25, -0.2) is 4.90 Å². The molecule has 1 fully saturated rings. The molecule has 4 rings (SSSR count). The van der Waals surface area contributed by atoms with E-state index in [1.54, 1.807) is 12.1 Å². The van der Waals surface area contributed by atoms with Crippen LogP contribution in [0.15, 0.2) is 54.7 Å². The third-order valence-electron chi connectivity index (χ3n) is 5.49. The molecule has 1 saturated heterocycles. The van der Waals surface area contributed by atoms with Crippen molar-refractivity contribution in [3.8, 4) is 0 Å². The molecule has 1 atom stereocenters. The maximum Gasteiger partial charge on any atom is 0.257 e. The number of carbonyl (C=O) groups excluding carboxylic acids is 3. The molecule has 0 bridgehead atoms. The van der Waals surface area contributed by atoms with Crippen LogP contribution in [0.25, 0.3) is 10.9 Å². The lowest BCUT2D eigenvalue weighted by atomic mass is 10.1. The number of imide groups is 1. The molecule has 1 N–H and O–H groups in total.